The zero-order chi connectivity index (χ0) is 16.4. The molecule has 1 aromatic carbocycles. The summed E-state index contributed by atoms with van der Waals surface area (Å²) in [6, 6.07) is 4.73. The highest BCUT2D eigenvalue weighted by molar-refractivity contribution is 5.40. The predicted octanol–water partition coefficient (Wildman–Crippen LogP) is 3.24. The lowest BCUT2D eigenvalue weighted by Crippen LogP contribution is -2.31. The van der Waals surface area contributed by atoms with E-state index >= 15 is 0 Å². The van der Waals surface area contributed by atoms with Crippen LogP contribution >= 0.6 is 0 Å². The monoisotopic (exact) mass is 313 g/mol. The molecule has 2 rings (SSSR count). The van der Waals surface area contributed by atoms with Crippen LogP contribution in [0.25, 0.3) is 0 Å². The molecule has 0 radical (unpaired) electrons. The van der Waals surface area contributed by atoms with Gasteiger partial charge in [0.15, 0.2) is 0 Å². The van der Waals surface area contributed by atoms with E-state index in [-0.39, 0.29) is 12.1 Å². The number of aromatic nitrogens is 2. The number of benzene rings is 1. The first-order chi connectivity index (χ1) is 10.2. The van der Waals surface area contributed by atoms with Gasteiger partial charge in [0, 0.05) is 19.3 Å². The maximum absolute atomic E-state index is 12.7. The topological polar surface area (TPSA) is 50.1 Å². The van der Waals surface area contributed by atoms with Crippen molar-refractivity contribution in [3.63, 3.8) is 0 Å². The van der Waals surface area contributed by atoms with E-state index in [2.05, 4.69) is 10.4 Å². The van der Waals surface area contributed by atoms with E-state index in [4.69, 9.17) is 0 Å². The summed E-state index contributed by atoms with van der Waals surface area (Å²) >= 11 is 0. The smallest absolute Gasteiger partial charge is 0.384 e. The van der Waals surface area contributed by atoms with Crippen molar-refractivity contribution in [3.8, 4) is 0 Å². The van der Waals surface area contributed by atoms with Gasteiger partial charge in [-0.3, -0.25) is 4.68 Å². The molecule has 0 fully saturated rings. The van der Waals surface area contributed by atoms with Gasteiger partial charge in [0.1, 0.15) is 5.60 Å². The van der Waals surface area contributed by atoms with Gasteiger partial charge < -0.3 is 10.4 Å². The normalized spacial score (nSPS) is 14.6. The van der Waals surface area contributed by atoms with Gasteiger partial charge in [-0.1, -0.05) is 12.1 Å². The fraction of sp³-hybridized carbons (Fsp3) is 0.400. The quantitative estimate of drug-likeness (QED) is 0.891. The van der Waals surface area contributed by atoms with Crippen molar-refractivity contribution >= 4 is 5.69 Å². The molecule has 1 aromatic heterocycles. The molecule has 4 nitrogen and oxygen atoms in total. The number of halogens is 3. The molecule has 1 atom stereocenters. The zero-order valence-corrected chi connectivity index (χ0v) is 12.4. The number of rotatable bonds is 5. The Morgan fingerprint density at radius 1 is 1.27 bits per heavy atom. The fourth-order valence-corrected chi connectivity index (χ4v) is 2.03. The predicted molar refractivity (Wildman–Crippen MR) is 77.4 cm³/mol. The third kappa shape index (κ3) is 3.79. The van der Waals surface area contributed by atoms with Gasteiger partial charge in [-0.05, 0) is 31.5 Å². The van der Waals surface area contributed by atoms with Gasteiger partial charge in [-0.2, -0.15) is 18.3 Å². The maximum atomic E-state index is 12.7. The van der Waals surface area contributed by atoms with Crippen molar-refractivity contribution < 1.29 is 18.3 Å². The SMILES string of the molecule is CCn1cc(NCC(C)(O)c2cccc(C(F)(F)F)c2)cn1. The van der Waals surface area contributed by atoms with E-state index in [0.717, 1.165) is 12.1 Å². The van der Waals surface area contributed by atoms with E-state index in [1.54, 1.807) is 17.1 Å². The zero-order valence-electron chi connectivity index (χ0n) is 12.4. The van der Waals surface area contributed by atoms with E-state index in [1.807, 2.05) is 6.92 Å². The molecule has 0 aliphatic heterocycles. The van der Waals surface area contributed by atoms with Gasteiger partial charge in [0.05, 0.1) is 17.4 Å². The van der Waals surface area contributed by atoms with Crippen LogP contribution in [-0.2, 0) is 18.3 Å². The number of alkyl halides is 3. The van der Waals surface area contributed by atoms with Gasteiger partial charge in [0.25, 0.3) is 0 Å². The summed E-state index contributed by atoms with van der Waals surface area (Å²) in [7, 11) is 0. The molecular formula is C15H18F3N3O. The third-order valence-electron chi connectivity index (χ3n) is 3.41. The Balaban J connectivity index is 2.12. The minimum absolute atomic E-state index is 0.0731. The summed E-state index contributed by atoms with van der Waals surface area (Å²) < 4.78 is 39.9. The van der Waals surface area contributed by atoms with Crippen LogP contribution in [0.4, 0.5) is 18.9 Å². The van der Waals surface area contributed by atoms with Gasteiger partial charge >= 0.3 is 6.18 Å². The lowest BCUT2D eigenvalue weighted by molar-refractivity contribution is -0.137. The second-order valence-corrected chi connectivity index (χ2v) is 5.29. The Hall–Kier alpha value is -2.02. The lowest BCUT2D eigenvalue weighted by atomic mass is 9.94. The van der Waals surface area contributed by atoms with Crippen LogP contribution < -0.4 is 5.32 Å². The molecule has 1 heterocycles. The van der Waals surface area contributed by atoms with Gasteiger partial charge in [0.2, 0.25) is 0 Å². The number of nitrogens with one attached hydrogen (secondary N) is 1. The first kappa shape index (κ1) is 16.4. The van der Waals surface area contributed by atoms with Crippen LogP contribution in [0.2, 0.25) is 0 Å². The number of aryl methyl sites for hydroxylation is 1. The van der Waals surface area contributed by atoms with E-state index in [1.165, 1.54) is 19.1 Å². The number of hydrogen-bond donors (Lipinski definition) is 2. The Morgan fingerprint density at radius 3 is 2.55 bits per heavy atom. The molecule has 22 heavy (non-hydrogen) atoms. The molecule has 0 saturated heterocycles. The fourth-order valence-electron chi connectivity index (χ4n) is 2.03. The van der Waals surface area contributed by atoms with Crippen LogP contribution in [0.15, 0.2) is 36.7 Å². The molecule has 0 amide bonds. The Kier molecular flexibility index (Phi) is 4.46. The summed E-state index contributed by atoms with van der Waals surface area (Å²) in [5.41, 5.74) is -1.30. The van der Waals surface area contributed by atoms with Crippen molar-refractivity contribution in [2.45, 2.75) is 32.2 Å². The highest BCUT2D eigenvalue weighted by atomic mass is 19.4. The van der Waals surface area contributed by atoms with E-state index in [0.29, 0.717) is 12.2 Å². The standard InChI is InChI=1S/C15H18F3N3O/c1-3-21-9-13(8-20-21)19-10-14(2,22)11-5-4-6-12(7-11)15(16,17)18/h4-9,19,22H,3,10H2,1-2H3. The molecule has 0 bridgehead atoms. The Bertz CT molecular complexity index is 635. The second-order valence-electron chi connectivity index (χ2n) is 5.29. The molecule has 120 valence electrons. The van der Waals surface area contributed by atoms with Crippen LogP contribution in [0.3, 0.4) is 0 Å². The summed E-state index contributed by atoms with van der Waals surface area (Å²) in [6.45, 7) is 4.20. The molecule has 0 saturated carbocycles. The maximum Gasteiger partial charge on any atom is 0.416 e. The molecule has 1 unspecified atom stereocenters. The van der Waals surface area contributed by atoms with Crippen molar-refractivity contribution in [1.29, 1.82) is 0 Å². The molecular weight excluding hydrogens is 295 g/mol. The van der Waals surface area contributed by atoms with Gasteiger partial charge in [-0.25, -0.2) is 0 Å². The minimum Gasteiger partial charge on any atom is -0.384 e. The van der Waals surface area contributed by atoms with Crippen molar-refractivity contribution in [1.82, 2.24) is 9.78 Å². The minimum atomic E-state index is -4.43. The highest BCUT2D eigenvalue weighted by Gasteiger charge is 2.32. The number of hydrogen-bond acceptors (Lipinski definition) is 3. The Labute approximate surface area is 126 Å². The molecule has 7 heteroatoms. The highest BCUT2D eigenvalue weighted by Crippen LogP contribution is 2.32. The van der Waals surface area contributed by atoms with Crippen molar-refractivity contribution in [2.24, 2.45) is 0 Å². The third-order valence-corrected chi connectivity index (χ3v) is 3.41. The van der Waals surface area contributed by atoms with Crippen molar-refractivity contribution in [3.05, 3.63) is 47.8 Å². The average Bonchev–Trinajstić information content (AvgIpc) is 2.93. The second kappa shape index (κ2) is 6.00. The Morgan fingerprint density at radius 2 is 1.95 bits per heavy atom. The summed E-state index contributed by atoms with van der Waals surface area (Å²) in [5.74, 6) is 0. The molecule has 0 aliphatic rings. The first-order valence-electron chi connectivity index (χ1n) is 6.89. The first-order valence-corrected chi connectivity index (χ1v) is 6.89. The summed E-state index contributed by atoms with van der Waals surface area (Å²) in [6.07, 6.45) is -1.06. The average molecular weight is 313 g/mol. The molecule has 2 N–H and O–H groups in total. The summed E-state index contributed by atoms with van der Waals surface area (Å²) in [4.78, 5) is 0. The number of aliphatic hydroxyl groups is 1. The van der Waals surface area contributed by atoms with Crippen molar-refractivity contribution in [2.75, 3.05) is 11.9 Å². The van der Waals surface area contributed by atoms with E-state index in [9.17, 15) is 18.3 Å². The van der Waals surface area contributed by atoms with Crippen LogP contribution in [-0.4, -0.2) is 21.4 Å². The number of nitrogens with zero attached hydrogens (tertiary/aromatic N) is 2. The van der Waals surface area contributed by atoms with E-state index < -0.39 is 17.3 Å². The van der Waals surface area contributed by atoms with Crippen LogP contribution in [0, 0.1) is 0 Å². The van der Waals surface area contributed by atoms with Gasteiger partial charge in [-0.15, -0.1) is 0 Å². The largest absolute Gasteiger partial charge is 0.416 e. The molecule has 2 aromatic rings. The molecule has 0 spiro atoms. The molecule has 0 aliphatic carbocycles. The lowest BCUT2D eigenvalue weighted by Gasteiger charge is -2.25. The van der Waals surface area contributed by atoms with Crippen LogP contribution in [0.5, 0.6) is 0 Å². The van der Waals surface area contributed by atoms with Crippen LogP contribution in [0.1, 0.15) is 25.0 Å². The number of anilines is 1. The summed E-state index contributed by atoms with van der Waals surface area (Å²) in [5, 5.41) is 17.5.